The summed E-state index contributed by atoms with van der Waals surface area (Å²) in [7, 11) is 0. The van der Waals surface area contributed by atoms with Crippen molar-refractivity contribution < 1.29 is 9.59 Å². The quantitative estimate of drug-likeness (QED) is 0.778. The third kappa shape index (κ3) is 3.15. The monoisotopic (exact) mass is 377 g/mol. The lowest BCUT2D eigenvalue weighted by molar-refractivity contribution is -0.132. The molecule has 2 aliphatic rings. The third-order valence-electron chi connectivity index (χ3n) is 5.98. The van der Waals surface area contributed by atoms with Gasteiger partial charge in [-0.05, 0) is 69.0 Å². The fraction of sp³-hybridized carbons (Fsp3) is 0.391. The SMILES string of the molecule is CCN(CC)c1ccc(NC(=O)C2(C(=O)N3CCc4ccccc43)CC2)cc1. The van der Waals surface area contributed by atoms with Gasteiger partial charge in [0.2, 0.25) is 11.8 Å². The highest BCUT2D eigenvalue weighted by Crippen LogP contribution is 2.49. The smallest absolute Gasteiger partial charge is 0.242 e. The van der Waals surface area contributed by atoms with Gasteiger partial charge in [0.05, 0.1) is 0 Å². The minimum absolute atomic E-state index is 0.0605. The predicted molar refractivity (Wildman–Crippen MR) is 113 cm³/mol. The lowest BCUT2D eigenvalue weighted by atomic mass is 10.0. The number of hydrogen-bond donors (Lipinski definition) is 1. The molecule has 1 heterocycles. The predicted octanol–water partition coefficient (Wildman–Crippen LogP) is 3.84. The topological polar surface area (TPSA) is 52.7 Å². The summed E-state index contributed by atoms with van der Waals surface area (Å²) in [6.07, 6.45) is 2.09. The fourth-order valence-corrected chi connectivity index (χ4v) is 4.07. The van der Waals surface area contributed by atoms with Crippen LogP contribution in [0.2, 0.25) is 0 Å². The summed E-state index contributed by atoms with van der Waals surface area (Å²) in [6, 6.07) is 15.8. The first kappa shape index (κ1) is 18.5. The number of benzene rings is 2. The molecule has 2 aromatic carbocycles. The van der Waals surface area contributed by atoms with Crippen molar-refractivity contribution in [3.05, 3.63) is 54.1 Å². The van der Waals surface area contributed by atoms with Crippen LogP contribution < -0.4 is 15.1 Å². The maximum Gasteiger partial charge on any atom is 0.242 e. The van der Waals surface area contributed by atoms with Gasteiger partial charge in [-0.15, -0.1) is 0 Å². The van der Waals surface area contributed by atoms with Crippen LogP contribution in [-0.2, 0) is 16.0 Å². The Morgan fingerprint density at radius 3 is 2.36 bits per heavy atom. The van der Waals surface area contributed by atoms with E-state index in [0.717, 1.165) is 36.6 Å². The zero-order valence-corrected chi connectivity index (χ0v) is 16.6. The van der Waals surface area contributed by atoms with Gasteiger partial charge in [0, 0.05) is 36.7 Å². The Morgan fingerprint density at radius 2 is 1.71 bits per heavy atom. The molecule has 146 valence electrons. The second-order valence-corrected chi connectivity index (χ2v) is 7.59. The lowest BCUT2D eigenvalue weighted by Gasteiger charge is -2.24. The molecule has 1 aliphatic carbocycles. The van der Waals surface area contributed by atoms with Gasteiger partial charge >= 0.3 is 0 Å². The van der Waals surface area contributed by atoms with Crippen molar-refractivity contribution in [1.29, 1.82) is 0 Å². The summed E-state index contributed by atoms with van der Waals surface area (Å²) in [4.78, 5) is 30.2. The number of rotatable bonds is 6. The first-order valence-corrected chi connectivity index (χ1v) is 10.2. The van der Waals surface area contributed by atoms with E-state index in [1.54, 1.807) is 4.90 Å². The van der Waals surface area contributed by atoms with Crippen molar-refractivity contribution >= 4 is 28.9 Å². The lowest BCUT2D eigenvalue weighted by Crippen LogP contribution is -2.42. The van der Waals surface area contributed by atoms with Crippen molar-refractivity contribution in [2.45, 2.75) is 33.1 Å². The summed E-state index contributed by atoms with van der Waals surface area (Å²) in [6.45, 7) is 6.79. The molecule has 5 nitrogen and oxygen atoms in total. The van der Waals surface area contributed by atoms with Crippen molar-refractivity contribution in [3.63, 3.8) is 0 Å². The van der Waals surface area contributed by atoms with Gasteiger partial charge in [-0.1, -0.05) is 18.2 Å². The van der Waals surface area contributed by atoms with Gasteiger partial charge in [-0.25, -0.2) is 0 Å². The van der Waals surface area contributed by atoms with E-state index in [0.29, 0.717) is 19.4 Å². The molecule has 1 aliphatic heterocycles. The maximum absolute atomic E-state index is 13.2. The Morgan fingerprint density at radius 1 is 1.04 bits per heavy atom. The number of hydrogen-bond acceptors (Lipinski definition) is 3. The first-order valence-electron chi connectivity index (χ1n) is 10.2. The highest BCUT2D eigenvalue weighted by molar-refractivity contribution is 6.18. The molecule has 2 aromatic rings. The van der Waals surface area contributed by atoms with Crippen molar-refractivity contribution in [3.8, 4) is 0 Å². The van der Waals surface area contributed by atoms with Gasteiger partial charge in [0.25, 0.3) is 0 Å². The highest BCUT2D eigenvalue weighted by atomic mass is 16.2. The molecular formula is C23H27N3O2. The molecule has 0 unspecified atom stereocenters. The summed E-state index contributed by atoms with van der Waals surface area (Å²) >= 11 is 0. The standard InChI is InChI=1S/C23H27N3O2/c1-3-25(4-2)19-11-9-18(10-12-19)24-21(27)23(14-15-23)22(28)26-16-13-17-7-5-6-8-20(17)26/h5-12H,3-4,13-16H2,1-2H3,(H,24,27). The molecule has 0 bridgehead atoms. The van der Waals surface area contributed by atoms with Crippen LogP contribution in [0.5, 0.6) is 0 Å². The van der Waals surface area contributed by atoms with E-state index in [4.69, 9.17) is 0 Å². The van der Waals surface area contributed by atoms with Crippen molar-refractivity contribution in [1.82, 2.24) is 0 Å². The number of anilines is 3. The van der Waals surface area contributed by atoms with Gasteiger partial charge < -0.3 is 15.1 Å². The third-order valence-corrected chi connectivity index (χ3v) is 5.98. The average molecular weight is 377 g/mol. The zero-order valence-electron chi connectivity index (χ0n) is 16.6. The van der Waals surface area contributed by atoms with Crippen LogP contribution in [0.1, 0.15) is 32.3 Å². The summed E-state index contributed by atoms with van der Waals surface area (Å²) < 4.78 is 0. The minimum atomic E-state index is -0.908. The van der Waals surface area contributed by atoms with Crippen molar-refractivity contribution in [2.75, 3.05) is 34.8 Å². The van der Waals surface area contributed by atoms with Gasteiger partial charge in [0.15, 0.2) is 0 Å². The van der Waals surface area contributed by atoms with E-state index < -0.39 is 5.41 Å². The molecule has 0 saturated heterocycles. The number of para-hydroxylation sites is 1. The molecule has 1 fully saturated rings. The first-order chi connectivity index (χ1) is 13.6. The summed E-state index contributed by atoms with van der Waals surface area (Å²) in [5, 5.41) is 2.97. The van der Waals surface area contributed by atoms with Gasteiger partial charge in [0.1, 0.15) is 5.41 Å². The van der Waals surface area contributed by atoms with Crippen LogP contribution in [0.4, 0.5) is 17.1 Å². The van der Waals surface area contributed by atoms with E-state index in [1.807, 2.05) is 42.5 Å². The number of carbonyl (C=O) groups is 2. The second kappa shape index (κ2) is 7.30. The molecule has 0 spiro atoms. The molecule has 0 aromatic heterocycles. The Hall–Kier alpha value is -2.82. The molecule has 1 N–H and O–H groups in total. The molecule has 0 radical (unpaired) electrons. The normalized spacial score (nSPS) is 16.4. The maximum atomic E-state index is 13.2. The van der Waals surface area contributed by atoms with Gasteiger partial charge in [-0.3, -0.25) is 9.59 Å². The molecular weight excluding hydrogens is 350 g/mol. The second-order valence-electron chi connectivity index (χ2n) is 7.59. The largest absolute Gasteiger partial charge is 0.372 e. The highest BCUT2D eigenvalue weighted by Gasteiger charge is 2.58. The van der Waals surface area contributed by atoms with Crippen LogP contribution in [0.25, 0.3) is 0 Å². The molecule has 28 heavy (non-hydrogen) atoms. The number of nitrogens with zero attached hydrogens (tertiary/aromatic N) is 2. The van der Waals surface area contributed by atoms with Crippen LogP contribution >= 0.6 is 0 Å². The average Bonchev–Trinajstić information content (AvgIpc) is 3.43. The summed E-state index contributed by atoms with van der Waals surface area (Å²) in [5.41, 5.74) is 3.10. The van der Waals surface area contributed by atoms with Crippen LogP contribution in [-0.4, -0.2) is 31.4 Å². The molecule has 0 atom stereocenters. The molecule has 4 rings (SSSR count). The van der Waals surface area contributed by atoms with E-state index in [-0.39, 0.29) is 11.8 Å². The van der Waals surface area contributed by atoms with E-state index in [9.17, 15) is 9.59 Å². The fourth-order valence-electron chi connectivity index (χ4n) is 4.07. The molecule has 2 amide bonds. The van der Waals surface area contributed by atoms with Crippen LogP contribution in [0.3, 0.4) is 0 Å². The number of amides is 2. The Kier molecular flexibility index (Phi) is 4.84. The van der Waals surface area contributed by atoms with E-state index in [2.05, 4.69) is 30.1 Å². The zero-order chi connectivity index (χ0) is 19.7. The molecule has 5 heteroatoms. The Labute approximate surface area is 166 Å². The van der Waals surface area contributed by atoms with Crippen LogP contribution in [0, 0.1) is 5.41 Å². The number of nitrogens with one attached hydrogen (secondary N) is 1. The summed E-state index contributed by atoms with van der Waals surface area (Å²) in [5.74, 6) is -0.243. The number of fused-ring (bicyclic) bond motifs is 1. The van der Waals surface area contributed by atoms with Crippen LogP contribution in [0.15, 0.2) is 48.5 Å². The number of carbonyl (C=O) groups excluding carboxylic acids is 2. The van der Waals surface area contributed by atoms with Crippen molar-refractivity contribution in [2.24, 2.45) is 5.41 Å². The van der Waals surface area contributed by atoms with E-state index >= 15 is 0 Å². The Bertz CT molecular complexity index is 883. The van der Waals surface area contributed by atoms with E-state index in [1.165, 1.54) is 5.56 Å². The minimum Gasteiger partial charge on any atom is -0.372 e. The van der Waals surface area contributed by atoms with Gasteiger partial charge in [-0.2, -0.15) is 0 Å². The molecule has 1 saturated carbocycles. The Balaban J connectivity index is 1.47.